The van der Waals surface area contributed by atoms with E-state index in [1.807, 2.05) is 23.1 Å². The molecule has 2 saturated carbocycles. The molecule has 1 heterocycles. The molecule has 3 rings (SSSR count). The Kier molecular flexibility index (Phi) is 3.01. The van der Waals surface area contributed by atoms with Gasteiger partial charge in [-0.1, -0.05) is 20.8 Å². The minimum absolute atomic E-state index is 0.436. The first-order chi connectivity index (χ1) is 8.92. The zero-order valence-electron chi connectivity index (χ0n) is 12.7. The molecular weight excluding hydrogens is 234 g/mol. The topological polar surface area (TPSA) is 29.9 Å². The molecule has 0 amide bonds. The van der Waals surface area contributed by atoms with Gasteiger partial charge in [-0.3, -0.25) is 4.68 Å². The predicted octanol–water partition coefficient (Wildman–Crippen LogP) is 3.08. The van der Waals surface area contributed by atoms with Gasteiger partial charge in [0.15, 0.2) is 0 Å². The Balaban J connectivity index is 1.69. The lowest BCUT2D eigenvalue weighted by Gasteiger charge is -2.44. The van der Waals surface area contributed by atoms with Gasteiger partial charge in [0.1, 0.15) is 0 Å². The Morgan fingerprint density at radius 2 is 2.21 bits per heavy atom. The fourth-order valence-corrected chi connectivity index (χ4v) is 4.74. The van der Waals surface area contributed by atoms with Crippen molar-refractivity contribution in [1.82, 2.24) is 15.1 Å². The second kappa shape index (κ2) is 4.34. The molecule has 0 spiro atoms. The Bertz CT molecular complexity index is 432. The van der Waals surface area contributed by atoms with E-state index in [9.17, 15) is 0 Å². The summed E-state index contributed by atoms with van der Waals surface area (Å²) in [5, 5.41) is 8.23. The average molecular weight is 261 g/mol. The molecule has 2 aliphatic carbocycles. The van der Waals surface area contributed by atoms with Crippen LogP contribution in [-0.2, 0) is 6.54 Å². The lowest BCUT2D eigenvalue weighted by Crippen LogP contribution is -2.53. The standard InChI is InChI=1S/C16H27N3/c1-12(11-19-9-5-8-17-19)18-14-15(2,3)13-6-7-16(14,4)10-13/h5,8-9,12-14,18H,6-7,10-11H2,1-4H3. The fraction of sp³-hybridized carbons (Fsp3) is 0.812. The van der Waals surface area contributed by atoms with E-state index < -0.39 is 0 Å². The number of hydrogen-bond acceptors (Lipinski definition) is 2. The molecule has 0 aliphatic heterocycles. The summed E-state index contributed by atoms with van der Waals surface area (Å²) in [7, 11) is 0. The van der Waals surface area contributed by atoms with Crippen molar-refractivity contribution < 1.29 is 0 Å². The van der Waals surface area contributed by atoms with E-state index in [2.05, 4.69) is 38.1 Å². The third-order valence-electron chi connectivity index (χ3n) is 5.74. The van der Waals surface area contributed by atoms with Crippen LogP contribution in [0.4, 0.5) is 0 Å². The van der Waals surface area contributed by atoms with Gasteiger partial charge in [0.2, 0.25) is 0 Å². The Morgan fingerprint density at radius 3 is 2.79 bits per heavy atom. The van der Waals surface area contributed by atoms with Crippen LogP contribution < -0.4 is 5.32 Å². The van der Waals surface area contributed by atoms with Gasteiger partial charge in [0.05, 0.1) is 6.54 Å². The molecular formula is C16H27N3. The average Bonchev–Trinajstić information content (AvgIpc) is 2.98. The molecule has 1 aromatic heterocycles. The Labute approximate surface area is 116 Å². The maximum absolute atomic E-state index is 4.31. The Hall–Kier alpha value is -0.830. The van der Waals surface area contributed by atoms with E-state index in [0.717, 1.165) is 12.5 Å². The molecule has 1 aromatic rings. The highest BCUT2D eigenvalue weighted by atomic mass is 15.3. The first kappa shape index (κ1) is 13.2. The van der Waals surface area contributed by atoms with E-state index >= 15 is 0 Å². The monoisotopic (exact) mass is 261 g/mol. The van der Waals surface area contributed by atoms with Gasteiger partial charge in [-0.05, 0) is 49.0 Å². The normalized spacial score (nSPS) is 37.7. The van der Waals surface area contributed by atoms with E-state index in [1.165, 1.54) is 19.3 Å². The van der Waals surface area contributed by atoms with Gasteiger partial charge in [-0.2, -0.15) is 5.10 Å². The van der Waals surface area contributed by atoms with Gasteiger partial charge >= 0.3 is 0 Å². The molecule has 4 atom stereocenters. The maximum atomic E-state index is 4.31. The lowest BCUT2D eigenvalue weighted by molar-refractivity contribution is 0.0975. The van der Waals surface area contributed by atoms with Gasteiger partial charge in [-0.25, -0.2) is 0 Å². The number of rotatable bonds is 4. The van der Waals surface area contributed by atoms with Crippen LogP contribution >= 0.6 is 0 Å². The van der Waals surface area contributed by atoms with Gasteiger partial charge in [-0.15, -0.1) is 0 Å². The summed E-state index contributed by atoms with van der Waals surface area (Å²) in [5.74, 6) is 0.909. The minimum atomic E-state index is 0.436. The highest BCUT2D eigenvalue weighted by molar-refractivity contribution is 5.12. The second-order valence-electron chi connectivity index (χ2n) is 7.64. The number of aromatic nitrogens is 2. The fourth-order valence-electron chi connectivity index (χ4n) is 4.74. The van der Waals surface area contributed by atoms with Crippen molar-refractivity contribution in [3.63, 3.8) is 0 Å². The van der Waals surface area contributed by atoms with Gasteiger partial charge < -0.3 is 5.32 Å². The van der Waals surface area contributed by atoms with Crippen molar-refractivity contribution in [2.24, 2.45) is 16.7 Å². The third kappa shape index (κ3) is 2.12. The quantitative estimate of drug-likeness (QED) is 0.902. The summed E-state index contributed by atoms with van der Waals surface area (Å²) in [6.07, 6.45) is 8.13. The number of nitrogens with zero attached hydrogens (tertiary/aromatic N) is 2. The van der Waals surface area contributed by atoms with Crippen molar-refractivity contribution in [3.05, 3.63) is 18.5 Å². The van der Waals surface area contributed by atoms with Crippen LogP contribution in [0.15, 0.2) is 18.5 Å². The van der Waals surface area contributed by atoms with Gasteiger partial charge in [0, 0.05) is 24.5 Å². The van der Waals surface area contributed by atoms with Crippen molar-refractivity contribution in [1.29, 1.82) is 0 Å². The van der Waals surface area contributed by atoms with Crippen LogP contribution in [0.25, 0.3) is 0 Å². The molecule has 0 aromatic carbocycles. The summed E-state index contributed by atoms with van der Waals surface area (Å²) in [6, 6.07) is 3.11. The Morgan fingerprint density at radius 1 is 1.42 bits per heavy atom. The maximum Gasteiger partial charge on any atom is 0.0560 e. The number of fused-ring (bicyclic) bond motifs is 2. The molecule has 2 bridgehead atoms. The first-order valence-corrected chi connectivity index (χ1v) is 7.65. The van der Waals surface area contributed by atoms with Crippen LogP contribution in [0, 0.1) is 16.7 Å². The number of nitrogens with one attached hydrogen (secondary N) is 1. The SMILES string of the molecule is CC(Cn1cccn1)NC1C2(C)CCC(C2)C1(C)C. The molecule has 3 nitrogen and oxygen atoms in total. The lowest BCUT2D eigenvalue weighted by atomic mass is 9.68. The van der Waals surface area contributed by atoms with Crippen LogP contribution in [0.3, 0.4) is 0 Å². The van der Waals surface area contributed by atoms with Crippen molar-refractivity contribution in [3.8, 4) is 0 Å². The van der Waals surface area contributed by atoms with Gasteiger partial charge in [0.25, 0.3) is 0 Å². The molecule has 106 valence electrons. The first-order valence-electron chi connectivity index (χ1n) is 7.65. The largest absolute Gasteiger partial charge is 0.309 e. The van der Waals surface area contributed by atoms with Crippen LogP contribution in [0.2, 0.25) is 0 Å². The zero-order chi connectivity index (χ0) is 13.7. The second-order valence-corrected chi connectivity index (χ2v) is 7.64. The highest BCUT2D eigenvalue weighted by Crippen LogP contribution is 2.62. The molecule has 2 aliphatic rings. The molecule has 3 heteroatoms. The van der Waals surface area contributed by atoms with Crippen LogP contribution in [-0.4, -0.2) is 21.9 Å². The van der Waals surface area contributed by atoms with E-state index in [4.69, 9.17) is 0 Å². The van der Waals surface area contributed by atoms with Crippen molar-refractivity contribution in [2.75, 3.05) is 0 Å². The summed E-state index contributed by atoms with van der Waals surface area (Å²) in [4.78, 5) is 0. The van der Waals surface area contributed by atoms with E-state index in [0.29, 0.717) is 22.9 Å². The highest BCUT2D eigenvalue weighted by Gasteiger charge is 2.59. The molecule has 0 radical (unpaired) electrons. The smallest absolute Gasteiger partial charge is 0.0560 e. The number of hydrogen-bond donors (Lipinski definition) is 1. The molecule has 19 heavy (non-hydrogen) atoms. The van der Waals surface area contributed by atoms with Crippen LogP contribution in [0.1, 0.15) is 47.0 Å². The van der Waals surface area contributed by atoms with Crippen molar-refractivity contribution in [2.45, 2.75) is 65.6 Å². The summed E-state index contributed by atoms with van der Waals surface area (Å²) >= 11 is 0. The van der Waals surface area contributed by atoms with Crippen LogP contribution in [0.5, 0.6) is 0 Å². The van der Waals surface area contributed by atoms with E-state index in [-0.39, 0.29) is 0 Å². The summed E-state index contributed by atoms with van der Waals surface area (Å²) in [6.45, 7) is 10.6. The predicted molar refractivity (Wildman–Crippen MR) is 77.8 cm³/mol. The summed E-state index contributed by atoms with van der Waals surface area (Å²) in [5.41, 5.74) is 0.942. The minimum Gasteiger partial charge on any atom is -0.309 e. The van der Waals surface area contributed by atoms with Crippen molar-refractivity contribution >= 4 is 0 Å². The molecule has 1 N–H and O–H groups in total. The molecule has 0 saturated heterocycles. The third-order valence-corrected chi connectivity index (χ3v) is 5.74. The zero-order valence-corrected chi connectivity index (χ0v) is 12.7. The summed E-state index contributed by atoms with van der Waals surface area (Å²) < 4.78 is 2.03. The molecule has 2 fully saturated rings. The van der Waals surface area contributed by atoms with E-state index in [1.54, 1.807) is 0 Å². The molecule has 4 unspecified atom stereocenters.